The Kier molecular flexibility index (Phi) is 3.89. The number of rotatable bonds is 4. The molecule has 0 bridgehead atoms. The van der Waals surface area contributed by atoms with Crippen molar-refractivity contribution in [3.8, 4) is 0 Å². The van der Waals surface area contributed by atoms with Crippen LogP contribution in [0.25, 0.3) is 12.0 Å². The molecule has 0 aliphatic heterocycles. The van der Waals surface area contributed by atoms with E-state index < -0.39 is 11.6 Å². The summed E-state index contributed by atoms with van der Waals surface area (Å²) in [5.74, 6) is -1.06. The van der Waals surface area contributed by atoms with E-state index in [2.05, 4.69) is 10.1 Å². The maximum Gasteiger partial charge on any atom is 0.148 e. The average molecular weight is 265 g/mol. The summed E-state index contributed by atoms with van der Waals surface area (Å²) in [7, 11) is 0. The Labute approximate surface area is 109 Å². The van der Waals surface area contributed by atoms with Crippen LogP contribution in [0.3, 0.4) is 0 Å². The summed E-state index contributed by atoms with van der Waals surface area (Å²) < 4.78 is 33.6. The summed E-state index contributed by atoms with van der Waals surface area (Å²) in [5.41, 5.74) is 0.172. The van der Waals surface area contributed by atoms with Gasteiger partial charge in [-0.15, -0.1) is 0 Å². The largest absolute Gasteiger partial charge is 0.489 e. The number of benzene rings is 1. The first-order valence-electron chi connectivity index (χ1n) is 5.74. The fourth-order valence-electron chi connectivity index (χ4n) is 1.51. The first-order valence-corrected chi connectivity index (χ1v) is 5.74. The van der Waals surface area contributed by atoms with Gasteiger partial charge in [-0.25, -0.2) is 18.4 Å². The van der Waals surface area contributed by atoms with Gasteiger partial charge in [-0.3, -0.25) is 0 Å². The molecule has 6 heteroatoms. The summed E-state index contributed by atoms with van der Waals surface area (Å²) in [6, 6.07) is 3.32. The van der Waals surface area contributed by atoms with Crippen LogP contribution in [0.4, 0.5) is 8.78 Å². The molecular formula is C13H13F2N3O. The quantitative estimate of drug-likeness (QED) is 0.798. The monoisotopic (exact) mass is 265 g/mol. The van der Waals surface area contributed by atoms with E-state index in [-0.39, 0.29) is 17.4 Å². The molecule has 1 aromatic heterocycles. The SMILES string of the molecule is CC(C)O/C(=C\n1cncn1)c1ccc(F)cc1F. The molecular weight excluding hydrogens is 252 g/mol. The van der Waals surface area contributed by atoms with E-state index in [1.54, 1.807) is 0 Å². The number of aromatic nitrogens is 3. The molecule has 0 amide bonds. The molecule has 1 aromatic carbocycles. The van der Waals surface area contributed by atoms with E-state index in [4.69, 9.17) is 4.74 Å². The van der Waals surface area contributed by atoms with Gasteiger partial charge in [0.15, 0.2) is 0 Å². The predicted molar refractivity (Wildman–Crippen MR) is 66.8 cm³/mol. The highest BCUT2D eigenvalue weighted by Gasteiger charge is 2.12. The van der Waals surface area contributed by atoms with Crippen molar-refractivity contribution in [2.45, 2.75) is 20.0 Å². The van der Waals surface area contributed by atoms with Gasteiger partial charge in [0, 0.05) is 6.07 Å². The predicted octanol–water partition coefficient (Wildman–Crippen LogP) is 2.94. The Hall–Kier alpha value is -2.24. The Morgan fingerprint density at radius 1 is 1.37 bits per heavy atom. The summed E-state index contributed by atoms with van der Waals surface area (Å²) in [6.07, 6.45) is 4.14. The standard InChI is InChI=1S/C13H13F2N3O/c1-9(2)19-13(6-18-8-16-7-17-18)11-4-3-10(14)5-12(11)15/h3-9H,1-2H3/b13-6-. The summed E-state index contributed by atoms with van der Waals surface area (Å²) in [4.78, 5) is 3.78. The normalized spacial score (nSPS) is 11.9. The van der Waals surface area contributed by atoms with E-state index >= 15 is 0 Å². The number of hydrogen-bond donors (Lipinski definition) is 0. The average Bonchev–Trinajstić information content (AvgIpc) is 2.80. The number of nitrogens with zero attached hydrogens (tertiary/aromatic N) is 3. The van der Waals surface area contributed by atoms with Gasteiger partial charge >= 0.3 is 0 Å². The third-order valence-electron chi connectivity index (χ3n) is 2.25. The van der Waals surface area contributed by atoms with Gasteiger partial charge in [0.05, 0.1) is 17.9 Å². The zero-order valence-corrected chi connectivity index (χ0v) is 10.5. The molecule has 0 N–H and O–H groups in total. The molecule has 4 nitrogen and oxygen atoms in total. The Balaban J connectivity index is 2.42. The maximum atomic E-state index is 13.8. The first kappa shape index (κ1) is 13.2. The third-order valence-corrected chi connectivity index (χ3v) is 2.25. The van der Waals surface area contributed by atoms with Crippen LogP contribution in [0.5, 0.6) is 0 Å². The van der Waals surface area contributed by atoms with E-state index in [1.807, 2.05) is 13.8 Å². The molecule has 2 aromatic rings. The highest BCUT2D eigenvalue weighted by molar-refractivity contribution is 5.70. The van der Waals surface area contributed by atoms with Crippen LogP contribution in [0.2, 0.25) is 0 Å². The zero-order valence-electron chi connectivity index (χ0n) is 10.5. The van der Waals surface area contributed by atoms with Crippen LogP contribution in [-0.4, -0.2) is 20.9 Å². The lowest BCUT2D eigenvalue weighted by atomic mass is 10.1. The summed E-state index contributed by atoms with van der Waals surface area (Å²) in [5, 5.41) is 3.89. The van der Waals surface area contributed by atoms with Crippen molar-refractivity contribution in [3.63, 3.8) is 0 Å². The van der Waals surface area contributed by atoms with Gasteiger partial charge < -0.3 is 4.74 Å². The molecule has 0 radical (unpaired) electrons. The van der Waals surface area contributed by atoms with Crippen molar-refractivity contribution in [3.05, 3.63) is 48.1 Å². The van der Waals surface area contributed by atoms with Crippen molar-refractivity contribution in [2.75, 3.05) is 0 Å². The molecule has 0 atom stereocenters. The number of ether oxygens (including phenoxy) is 1. The molecule has 0 spiro atoms. The molecule has 0 aliphatic carbocycles. The van der Waals surface area contributed by atoms with E-state index in [1.165, 1.54) is 35.7 Å². The van der Waals surface area contributed by atoms with Crippen LogP contribution in [0.15, 0.2) is 30.9 Å². The lowest BCUT2D eigenvalue weighted by Gasteiger charge is -2.14. The maximum absolute atomic E-state index is 13.8. The Bertz CT molecular complexity index is 580. The molecule has 1 heterocycles. The Morgan fingerprint density at radius 2 is 2.16 bits per heavy atom. The lowest BCUT2D eigenvalue weighted by Crippen LogP contribution is -2.05. The number of hydrogen-bond acceptors (Lipinski definition) is 3. The third kappa shape index (κ3) is 3.37. The second kappa shape index (κ2) is 5.60. The van der Waals surface area contributed by atoms with Gasteiger partial charge in [0.1, 0.15) is 30.0 Å². The lowest BCUT2D eigenvalue weighted by molar-refractivity contribution is 0.204. The van der Waals surface area contributed by atoms with Crippen molar-refractivity contribution in [1.82, 2.24) is 14.8 Å². The van der Waals surface area contributed by atoms with Crippen LogP contribution >= 0.6 is 0 Å². The fraction of sp³-hybridized carbons (Fsp3) is 0.231. The molecule has 2 rings (SSSR count). The Morgan fingerprint density at radius 3 is 2.74 bits per heavy atom. The second-order valence-electron chi connectivity index (χ2n) is 4.16. The van der Waals surface area contributed by atoms with Crippen LogP contribution < -0.4 is 0 Å². The second-order valence-corrected chi connectivity index (χ2v) is 4.16. The van der Waals surface area contributed by atoms with Crippen molar-refractivity contribution >= 4 is 12.0 Å². The first-order chi connectivity index (χ1) is 9.06. The molecule has 100 valence electrons. The minimum Gasteiger partial charge on any atom is -0.489 e. The van der Waals surface area contributed by atoms with E-state index in [9.17, 15) is 8.78 Å². The zero-order chi connectivity index (χ0) is 13.8. The van der Waals surface area contributed by atoms with Crippen molar-refractivity contribution in [1.29, 1.82) is 0 Å². The highest BCUT2D eigenvalue weighted by atomic mass is 19.1. The minimum absolute atomic E-state index is 0.153. The summed E-state index contributed by atoms with van der Waals surface area (Å²) >= 11 is 0. The van der Waals surface area contributed by atoms with Gasteiger partial charge in [0.2, 0.25) is 0 Å². The number of halogens is 2. The van der Waals surface area contributed by atoms with Crippen LogP contribution in [0.1, 0.15) is 19.4 Å². The molecule has 19 heavy (non-hydrogen) atoms. The smallest absolute Gasteiger partial charge is 0.148 e. The van der Waals surface area contributed by atoms with Crippen LogP contribution in [0, 0.1) is 11.6 Å². The fourth-order valence-corrected chi connectivity index (χ4v) is 1.51. The highest BCUT2D eigenvalue weighted by Crippen LogP contribution is 2.22. The topological polar surface area (TPSA) is 39.9 Å². The molecule has 0 saturated carbocycles. The van der Waals surface area contributed by atoms with E-state index in [0.717, 1.165) is 6.07 Å². The van der Waals surface area contributed by atoms with Crippen molar-refractivity contribution in [2.24, 2.45) is 0 Å². The minimum atomic E-state index is -0.688. The van der Waals surface area contributed by atoms with Crippen LogP contribution in [-0.2, 0) is 4.74 Å². The molecule has 0 fully saturated rings. The summed E-state index contributed by atoms with van der Waals surface area (Å²) in [6.45, 7) is 3.63. The van der Waals surface area contributed by atoms with E-state index in [0.29, 0.717) is 0 Å². The van der Waals surface area contributed by atoms with Gasteiger partial charge in [-0.2, -0.15) is 5.10 Å². The molecule has 0 unspecified atom stereocenters. The van der Waals surface area contributed by atoms with Crippen molar-refractivity contribution < 1.29 is 13.5 Å². The molecule has 0 aliphatic rings. The van der Waals surface area contributed by atoms with Gasteiger partial charge in [-0.05, 0) is 26.0 Å². The van der Waals surface area contributed by atoms with Gasteiger partial charge in [0.25, 0.3) is 0 Å². The van der Waals surface area contributed by atoms with Gasteiger partial charge in [-0.1, -0.05) is 0 Å². The molecule has 0 saturated heterocycles.